The SMILES string of the molecule is COc1ccc(COC[C@H](O)CN2CCn3cccc3[C@H]2C)cc1. The number of rotatable bonds is 7. The zero-order valence-electron chi connectivity index (χ0n) is 14.4. The predicted octanol–water partition coefficient (Wildman–Crippen LogP) is 2.45. The van der Waals surface area contributed by atoms with Crippen LogP contribution in [0.3, 0.4) is 0 Å². The highest BCUT2D eigenvalue weighted by Crippen LogP contribution is 2.25. The Morgan fingerprint density at radius 3 is 2.75 bits per heavy atom. The van der Waals surface area contributed by atoms with Crippen LogP contribution in [-0.2, 0) is 17.9 Å². The number of fused-ring (bicyclic) bond motifs is 1. The average Bonchev–Trinajstić information content (AvgIpc) is 3.07. The number of aliphatic hydroxyl groups excluding tert-OH is 1. The van der Waals surface area contributed by atoms with Crippen LogP contribution in [0.2, 0.25) is 0 Å². The largest absolute Gasteiger partial charge is 0.497 e. The standard InChI is InChI=1S/C19H26N2O3/c1-15-19-4-3-9-20(19)10-11-21(15)12-17(22)14-24-13-16-5-7-18(23-2)8-6-16/h3-9,15,17,22H,10-14H2,1-2H3/t15-,17-/m1/s1. The van der Waals surface area contributed by atoms with Crippen molar-refractivity contribution in [1.82, 2.24) is 9.47 Å². The Kier molecular flexibility index (Phi) is 5.56. The summed E-state index contributed by atoms with van der Waals surface area (Å²) in [6.45, 7) is 5.60. The van der Waals surface area contributed by atoms with Gasteiger partial charge in [-0.05, 0) is 36.8 Å². The molecule has 0 saturated heterocycles. The maximum atomic E-state index is 10.3. The van der Waals surface area contributed by atoms with Gasteiger partial charge in [-0.25, -0.2) is 0 Å². The smallest absolute Gasteiger partial charge is 0.118 e. The minimum atomic E-state index is -0.479. The molecule has 2 aromatic rings. The normalized spacial score (nSPS) is 19.0. The highest BCUT2D eigenvalue weighted by Gasteiger charge is 2.25. The molecule has 3 rings (SSSR count). The molecular formula is C19H26N2O3. The summed E-state index contributed by atoms with van der Waals surface area (Å²) in [5.41, 5.74) is 2.39. The van der Waals surface area contributed by atoms with E-state index in [-0.39, 0.29) is 0 Å². The van der Waals surface area contributed by atoms with Crippen molar-refractivity contribution in [3.8, 4) is 5.75 Å². The summed E-state index contributed by atoms with van der Waals surface area (Å²) in [5.74, 6) is 0.836. The monoisotopic (exact) mass is 330 g/mol. The zero-order chi connectivity index (χ0) is 16.9. The Balaban J connectivity index is 1.43. The number of ether oxygens (including phenoxy) is 2. The number of nitrogens with zero attached hydrogens (tertiary/aromatic N) is 2. The van der Waals surface area contributed by atoms with E-state index in [2.05, 4.69) is 34.7 Å². The molecule has 5 nitrogen and oxygen atoms in total. The number of methoxy groups -OCH3 is 1. The number of aliphatic hydroxyl groups is 1. The highest BCUT2D eigenvalue weighted by atomic mass is 16.5. The summed E-state index contributed by atoms with van der Waals surface area (Å²) in [5, 5.41) is 10.3. The second kappa shape index (κ2) is 7.83. The lowest BCUT2D eigenvalue weighted by Gasteiger charge is -2.36. The molecule has 24 heavy (non-hydrogen) atoms. The van der Waals surface area contributed by atoms with Crippen LogP contribution in [0, 0.1) is 0 Å². The second-order valence-corrected chi connectivity index (χ2v) is 6.31. The van der Waals surface area contributed by atoms with Crippen LogP contribution in [0.15, 0.2) is 42.6 Å². The van der Waals surface area contributed by atoms with E-state index in [1.54, 1.807) is 7.11 Å². The van der Waals surface area contributed by atoms with Gasteiger partial charge in [0.15, 0.2) is 0 Å². The van der Waals surface area contributed by atoms with Crippen LogP contribution in [0.5, 0.6) is 5.75 Å². The van der Waals surface area contributed by atoms with Gasteiger partial charge in [0.2, 0.25) is 0 Å². The van der Waals surface area contributed by atoms with Gasteiger partial charge in [0.05, 0.1) is 26.4 Å². The lowest BCUT2D eigenvalue weighted by molar-refractivity contribution is -0.000827. The van der Waals surface area contributed by atoms with Crippen molar-refractivity contribution in [1.29, 1.82) is 0 Å². The van der Waals surface area contributed by atoms with Crippen molar-refractivity contribution in [2.75, 3.05) is 26.8 Å². The molecule has 0 saturated carbocycles. The fraction of sp³-hybridized carbons (Fsp3) is 0.474. The third-order valence-electron chi connectivity index (χ3n) is 4.65. The number of hydrogen-bond acceptors (Lipinski definition) is 4. The van der Waals surface area contributed by atoms with Gasteiger partial charge in [0.25, 0.3) is 0 Å². The lowest BCUT2D eigenvalue weighted by atomic mass is 10.1. The van der Waals surface area contributed by atoms with E-state index in [4.69, 9.17) is 9.47 Å². The number of benzene rings is 1. The number of β-amino-alcohol motifs (C(OH)–C–C–N with tert-alkyl or cyclic N) is 1. The minimum Gasteiger partial charge on any atom is -0.497 e. The fourth-order valence-corrected chi connectivity index (χ4v) is 3.23. The Bertz CT molecular complexity index is 638. The number of aromatic nitrogens is 1. The molecule has 1 aromatic heterocycles. The molecule has 5 heteroatoms. The van der Waals surface area contributed by atoms with Crippen molar-refractivity contribution in [2.24, 2.45) is 0 Å². The second-order valence-electron chi connectivity index (χ2n) is 6.31. The zero-order valence-corrected chi connectivity index (χ0v) is 14.4. The van der Waals surface area contributed by atoms with E-state index in [9.17, 15) is 5.11 Å². The van der Waals surface area contributed by atoms with E-state index in [1.807, 2.05) is 24.3 Å². The summed E-state index contributed by atoms with van der Waals surface area (Å²) in [6.07, 6.45) is 1.64. The average molecular weight is 330 g/mol. The Labute approximate surface area is 143 Å². The van der Waals surface area contributed by atoms with Crippen molar-refractivity contribution in [2.45, 2.75) is 32.2 Å². The minimum absolute atomic E-state index is 0.324. The van der Waals surface area contributed by atoms with E-state index in [0.717, 1.165) is 24.4 Å². The summed E-state index contributed by atoms with van der Waals surface area (Å²) in [7, 11) is 1.65. The topological polar surface area (TPSA) is 46.9 Å². The van der Waals surface area contributed by atoms with Gasteiger partial charge in [0, 0.05) is 37.6 Å². The van der Waals surface area contributed by atoms with Crippen molar-refractivity contribution in [3.05, 3.63) is 53.9 Å². The summed E-state index contributed by atoms with van der Waals surface area (Å²) < 4.78 is 13.1. The first-order chi connectivity index (χ1) is 11.7. The molecule has 0 spiro atoms. The first kappa shape index (κ1) is 17.0. The molecule has 2 heterocycles. The van der Waals surface area contributed by atoms with Crippen molar-refractivity contribution < 1.29 is 14.6 Å². The Hall–Kier alpha value is -1.82. The molecule has 0 aliphatic carbocycles. The summed E-state index contributed by atoms with van der Waals surface area (Å²) in [4.78, 5) is 2.32. The molecule has 0 radical (unpaired) electrons. The van der Waals surface area contributed by atoms with Gasteiger partial charge < -0.3 is 19.1 Å². The Morgan fingerprint density at radius 2 is 2.00 bits per heavy atom. The van der Waals surface area contributed by atoms with Gasteiger partial charge >= 0.3 is 0 Å². The van der Waals surface area contributed by atoms with Crippen LogP contribution in [0.25, 0.3) is 0 Å². The molecule has 0 fully saturated rings. The number of hydrogen-bond donors (Lipinski definition) is 1. The molecular weight excluding hydrogens is 304 g/mol. The summed E-state index contributed by atoms with van der Waals surface area (Å²) in [6, 6.07) is 12.4. The van der Waals surface area contributed by atoms with Gasteiger partial charge in [-0.1, -0.05) is 12.1 Å². The van der Waals surface area contributed by atoms with Crippen molar-refractivity contribution >= 4 is 0 Å². The molecule has 0 bridgehead atoms. The van der Waals surface area contributed by atoms with Gasteiger partial charge in [-0.2, -0.15) is 0 Å². The van der Waals surface area contributed by atoms with Gasteiger partial charge in [0.1, 0.15) is 5.75 Å². The van der Waals surface area contributed by atoms with Crippen LogP contribution in [-0.4, -0.2) is 47.5 Å². The maximum absolute atomic E-state index is 10.3. The van der Waals surface area contributed by atoms with Crippen LogP contribution in [0.4, 0.5) is 0 Å². The van der Waals surface area contributed by atoms with E-state index >= 15 is 0 Å². The molecule has 0 unspecified atom stereocenters. The third kappa shape index (κ3) is 3.98. The molecule has 1 aliphatic rings. The van der Waals surface area contributed by atoms with E-state index < -0.39 is 6.10 Å². The van der Waals surface area contributed by atoms with E-state index in [0.29, 0.717) is 25.8 Å². The molecule has 1 aromatic carbocycles. The first-order valence-corrected chi connectivity index (χ1v) is 8.45. The van der Waals surface area contributed by atoms with Gasteiger partial charge in [-0.15, -0.1) is 0 Å². The van der Waals surface area contributed by atoms with Crippen molar-refractivity contribution in [3.63, 3.8) is 0 Å². The van der Waals surface area contributed by atoms with Crippen LogP contribution in [0.1, 0.15) is 24.2 Å². The van der Waals surface area contributed by atoms with E-state index in [1.165, 1.54) is 5.69 Å². The van der Waals surface area contributed by atoms with Crippen LogP contribution >= 0.6 is 0 Å². The molecule has 1 aliphatic heterocycles. The molecule has 130 valence electrons. The molecule has 0 amide bonds. The van der Waals surface area contributed by atoms with Crippen LogP contribution < -0.4 is 4.74 Å². The quantitative estimate of drug-likeness (QED) is 0.847. The third-order valence-corrected chi connectivity index (χ3v) is 4.65. The maximum Gasteiger partial charge on any atom is 0.118 e. The first-order valence-electron chi connectivity index (χ1n) is 8.45. The summed E-state index contributed by atoms with van der Waals surface area (Å²) >= 11 is 0. The van der Waals surface area contributed by atoms with Gasteiger partial charge in [-0.3, -0.25) is 4.90 Å². The highest BCUT2D eigenvalue weighted by molar-refractivity contribution is 5.26. The predicted molar refractivity (Wildman–Crippen MR) is 93.1 cm³/mol. The fourth-order valence-electron chi connectivity index (χ4n) is 3.23. The molecule has 1 N–H and O–H groups in total. The molecule has 2 atom stereocenters. The lowest BCUT2D eigenvalue weighted by Crippen LogP contribution is -2.42. The Morgan fingerprint density at radius 1 is 1.21 bits per heavy atom.